The Morgan fingerprint density at radius 1 is 1.47 bits per heavy atom. The molecular weight excluding hydrogens is 272 g/mol. The lowest BCUT2D eigenvalue weighted by molar-refractivity contribution is -0.146. The van der Waals surface area contributed by atoms with Gasteiger partial charge >= 0.3 is 5.97 Å². The van der Waals surface area contributed by atoms with Crippen molar-refractivity contribution in [3.05, 3.63) is 0 Å². The second-order valence-electron chi connectivity index (χ2n) is 4.97. The average molecular weight is 292 g/mol. The van der Waals surface area contributed by atoms with Crippen molar-refractivity contribution in [1.82, 2.24) is 9.03 Å². The predicted molar refractivity (Wildman–Crippen MR) is 67.4 cm³/mol. The molecule has 0 aromatic carbocycles. The highest BCUT2D eigenvalue weighted by Crippen LogP contribution is 2.25. The third kappa shape index (κ3) is 3.25. The number of ether oxygens (including phenoxy) is 1. The second kappa shape index (κ2) is 5.74. The van der Waals surface area contributed by atoms with E-state index < -0.39 is 28.3 Å². The smallest absolute Gasteiger partial charge is 0.324 e. The van der Waals surface area contributed by atoms with Gasteiger partial charge in [-0.15, -0.1) is 0 Å². The zero-order valence-electron chi connectivity index (χ0n) is 10.9. The highest BCUT2D eigenvalue weighted by molar-refractivity contribution is 7.87. The van der Waals surface area contributed by atoms with E-state index in [4.69, 9.17) is 9.84 Å². The highest BCUT2D eigenvalue weighted by Gasteiger charge is 2.41. The van der Waals surface area contributed by atoms with Crippen LogP contribution in [0.1, 0.15) is 32.6 Å². The minimum absolute atomic E-state index is 0.233. The van der Waals surface area contributed by atoms with Gasteiger partial charge in [-0.25, -0.2) is 0 Å². The van der Waals surface area contributed by atoms with Gasteiger partial charge in [0.2, 0.25) is 0 Å². The van der Waals surface area contributed by atoms with Gasteiger partial charge < -0.3 is 9.84 Å². The van der Waals surface area contributed by atoms with Crippen LogP contribution in [0, 0.1) is 0 Å². The molecule has 2 N–H and O–H groups in total. The molecule has 2 rings (SSSR count). The number of aliphatic hydroxyl groups excluding tert-OH is 1. The van der Waals surface area contributed by atoms with Gasteiger partial charge in [-0.2, -0.15) is 17.4 Å². The van der Waals surface area contributed by atoms with Crippen LogP contribution < -0.4 is 4.72 Å². The van der Waals surface area contributed by atoms with Crippen molar-refractivity contribution in [1.29, 1.82) is 0 Å². The first-order valence-corrected chi connectivity index (χ1v) is 8.02. The summed E-state index contributed by atoms with van der Waals surface area (Å²) in [5.41, 5.74) is 0. The Hall–Kier alpha value is -0.700. The molecule has 1 atom stereocenters. The van der Waals surface area contributed by atoms with Gasteiger partial charge in [0.15, 0.2) is 0 Å². The number of aliphatic hydroxyl groups is 1. The molecule has 0 bridgehead atoms. The minimum atomic E-state index is -3.68. The molecule has 8 heteroatoms. The second-order valence-corrected chi connectivity index (χ2v) is 6.62. The van der Waals surface area contributed by atoms with Crippen LogP contribution in [-0.2, 0) is 19.7 Å². The molecule has 1 aliphatic carbocycles. The third-order valence-electron chi connectivity index (χ3n) is 3.50. The van der Waals surface area contributed by atoms with Crippen molar-refractivity contribution >= 4 is 16.2 Å². The van der Waals surface area contributed by atoms with Crippen molar-refractivity contribution in [2.24, 2.45) is 0 Å². The van der Waals surface area contributed by atoms with Gasteiger partial charge in [0.25, 0.3) is 10.2 Å². The van der Waals surface area contributed by atoms with E-state index in [1.165, 1.54) is 4.31 Å². The fourth-order valence-electron chi connectivity index (χ4n) is 2.46. The van der Waals surface area contributed by atoms with Gasteiger partial charge in [0, 0.05) is 12.6 Å². The Kier molecular flexibility index (Phi) is 4.44. The molecule has 2 aliphatic rings. The number of carbonyl (C=O) groups excluding carboxylic acids is 1. The molecule has 110 valence electrons. The fourth-order valence-corrected chi connectivity index (χ4v) is 4.11. The lowest BCUT2D eigenvalue weighted by atomic mass is 9.91. The van der Waals surface area contributed by atoms with Crippen LogP contribution in [0.25, 0.3) is 0 Å². The molecular formula is C11H20N2O5S. The molecule has 1 saturated carbocycles. The topological polar surface area (TPSA) is 95.9 Å². The fraction of sp³-hybridized carbons (Fsp3) is 0.909. The summed E-state index contributed by atoms with van der Waals surface area (Å²) in [6.07, 6.45) is 1.58. The average Bonchev–Trinajstić information content (AvgIpc) is 2.76. The van der Waals surface area contributed by atoms with Gasteiger partial charge in [-0.05, 0) is 32.6 Å². The summed E-state index contributed by atoms with van der Waals surface area (Å²) in [6, 6.07) is -0.953. The molecule has 0 aromatic heterocycles. The monoisotopic (exact) mass is 292 g/mol. The van der Waals surface area contributed by atoms with E-state index in [1.54, 1.807) is 6.92 Å². The normalized spacial score (nSPS) is 32.0. The number of hydrogen-bond acceptors (Lipinski definition) is 5. The molecule has 7 nitrogen and oxygen atoms in total. The molecule has 1 heterocycles. The molecule has 19 heavy (non-hydrogen) atoms. The number of nitrogens with one attached hydrogen (secondary N) is 1. The van der Waals surface area contributed by atoms with Crippen LogP contribution in [0.4, 0.5) is 0 Å². The maximum absolute atomic E-state index is 12.2. The summed E-state index contributed by atoms with van der Waals surface area (Å²) in [7, 11) is -3.68. The number of esters is 1. The zero-order valence-corrected chi connectivity index (χ0v) is 11.7. The summed E-state index contributed by atoms with van der Waals surface area (Å²) >= 11 is 0. The van der Waals surface area contributed by atoms with Crippen LogP contribution in [-0.4, -0.2) is 55.1 Å². The largest absolute Gasteiger partial charge is 0.465 e. The Balaban J connectivity index is 2.00. The maximum atomic E-state index is 12.2. The van der Waals surface area contributed by atoms with Gasteiger partial charge in [-0.1, -0.05) is 0 Å². The van der Waals surface area contributed by atoms with Crippen molar-refractivity contribution < 1.29 is 23.1 Å². The first-order valence-electron chi connectivity index (χ1n) is 6.58. The molecule has 0 spiro atoms. The van der Waals surface area contributed by atoms with E-state index >= 15 is 0 Å². The zero-order chi connectivity index (χ0) is 14.0. The first-order chi connectivity index (χ1) is 8.94. The van der Waals surface area contributed by atoms with Crippen molar-refractivity contribution in [2.45, 2.75) is 50.8 Å². The van der Waals surface area contributed by atoms with E-state index in [9.17, 15) is 13.2 Å². The molecule has 1 aliphatic heterocycles. The van der Waals surface area contributed by atoms with Crippen LogP contribution in [0.15, 0.2) is 0 Å². The SMILES string of the molecule is CCOC(=O)C1CCCN1S(=O)(=O)NC1CC(O)C1. The highest BCUT2D eigenvalue weighted by atomic mass is 32.2. The molecule has 0 amide bonds. The van der Waals surface area contributed by atoms with Crippen LogP contribution in [0.5, 0.6) is 0 Å². The first kappa shape index (κ1) is 14.7. The van der Waals surface area contributed by atoms with E-state index in [2.05, 4.69) is 4.72 Å². The lowest BCUT2D eigenvalue weighted by Crippen LogP contribution is -2.53. The van der Waals surface area contributed by atoms with E-state index in [-0.39, 0.29) is 12.6 Å². The molecule has 1 saturated heterocycles. The van der Waals surface area contributed by atoms with Crippen molar-refractivity contribution in [3.8, 4) is 0 Å². The van der Waals surface area contributed by atoms with E-state index in [0.717, 1.165) is 0 Å². The molecule has 0 aromatic rings. The van der Waals surface area contributed by atoms with Gasteiger partial charge in [0.1, 0.15) is 6.04 Å². The Labute approximate surface area is 113 Å². The van der Waals surface area contributed by atoms with Crippen molar-refractivity contribution in [3.63, 3.8) is 0 Å². The predicted octanol–water partition coefficient (Wildman–Crippen LogP) is -0.628. The molecule has 1 unspecified atom stereocenters. The Morgan fingerprint density at radius 2 is 2.16 bits per heavy atom. The van der Waals surface area contributed by atoms with E-state index in [0.29, 0.717) is 32.2 Å². The van der Waals surface area contributed by atoms with Crippen LogP contribution in [0.3, 0.4) is 0 Å². The summed E-state index contributed by atoms with van der Waals surface area (Å²) in [4.78, 5) is 11.7. The van der Waals surface area contributed by atoms with Gasteiger partial charge in [0.05, 0.1) is 12.7 Å². The summed E-state index contributed by atoms with van der Waals surface area (Å²) in [5, 5.41) is 9.17. The minimum Gasteiger partial charge on any atom is -0.465 e. The Morgan fingerprint density at radius 3 is 2.74 bits per heavy atom. The van der Waals surface area contributed by atoms with Crippen molar-refractivity contribution in [2.75, 3.05) is 13.2 Å². The number of carbonyl (C=O) groups is 1. The summed E-state index contributed by atoms with van der Waals surface area (Å²) in [6.45, 7) is 2.26. The standard InChI is InChI=1S/C11H20N2O5S/c1-2-18-11(15)10-4-3-5-13(10)19(16,17)12-8-6-9(14)7-8/h8-10,12,14H,2-7H2,1H3. The summed E-state index contributed by atoms with van der Waals surface area (Å²) < 4.78 is 33.0. The number of hydrogen-bond donors (Lipinski definition) is 2. The maximum Gasteiger partial charge on any atom is 0.324 e. The third-order valence-corrected chi connectivity index (χ3v) is 5.19. The quantitative estimate of drug-likeness (QED) is 0.658. The lowest BCUT2D eigenvalue weighted by Gasteiger charge is -2.33. The van der Waals surface area contributed by atoms with E-state index in [1.807, 2.05) is 0 Å². The number of nitrogens with zero attached hydrogens (tertiary/aromatic N) is 1. The Bertz CT molecular complexity index is 432. The molecule has 0 radical (unpaired) electrons. The van der Waals surface area contributed by atoms with Crippen LogP contribution >= 0.6 is 0 Å². The summed E-state index contributed by atoms with van der Waals surface area (Å²) in [5.74, 6) is -0.487. The number of rotatable bonds is 5. The van der Waals surface area contributed by atoms with Crippen LogP contribution in [0.2, 0.25) is 0 Å². The molecule has 2 fully saturated rings. The van der Waals surface area contributed by atoms with Gasteiger partial charge in [-0.3, -0.25) is 4.79 Å².